The quantitative estimate of drug-likeness (QED) is 0.918. The van der Waals surface area contributed by atoms with Crippen LogP contribution in [0.25, 0.3) is 0 Å². The minimum atomic E-state index is 0.186. The van der Waals surface area contributed by atoms with Crippen molar-refractivity contribution in [2.24, 2.45) is 0 Å². The van der Waals surface area contributed by atoms with Gasteiger partial charge in [0.05, 0.1) is 19.3 Å². The van der Waals surface area contributed by atoms with E-state index in [1.165, 1.54) is 4.88 Å². The third-order valence-corrected chi connectivity index (χ3v) is 4.84. The Morgan fingerprint density at radius 1 is 1.58 bits per heavy atom. The monoisotopic (exact) mass is 280 g/mol. The van der Waals surface area contributed by atoms with Crippen LogP contribution in [0, 0.1) is 0 Å². The number of amides is 1. The zero-order valence-corrected chi connectivity index (χ0v) is 11.8. The summed E-state index contributed by atoms with van der Waals surface area (Å²) in [5.74, 6) is 0.263. The van der Waals surface area contributed by atoms with Crippen LogP contribution < -0.4 is 5.32 Å². The van der Waals surface area contributed by atoms with Crippen LogP contribution in [0.2, 0.25) is 0 Å². The molecule has 1 aromatic heterocycles. The smallest absolute Gasteiger partial charge is 0.224 e. The fourth-order valence-corrected chi connectivity index (χ4v) is 3.79. The van der Waals surface area contributed by atoms with Crippen molar-refractivity contribution >= 4 is 17.2 Å². The molecule has 104 valence electrons. The number of hydrogen-bond donors (Lipinski definition) is 1. The van der Waals surface area contributed by atoms with Gasteiger partial charge in [-0.25, -0.2) is 0 Å². The number of nitrogens with one attached hydrogen (secondary N) is 1. The highest BCUT2D eigenvalue weighted by atomic mass is 32.1. The van der Waals surface area contributed by atoms with Crippen molar-refractivity contribution in [3.8, 4) is 0 Å². The van der Waals surface area contributed by atoms with E-state index in [1.807, 2.05) is 0 Å². The third-order valence-electron chi connectivity index (χ3n) is 3.86. The Bertz CT molecular complexity index is 415. The van der Waals surface area contributed by atoms with Crippen molar-refractivity contribution in [3.05, 3.63) is 22.4 Å². The summed E-state index contributed by atoms with van der Waals surface area (Å²) in [6.07, 6.45) is 2.77. The van der Waals surface area contributed by atoms with E-state index in [-0.39, 0.29) is 11.9 Å². The second-order valence-corrected chi connectivity index (χ2v) is 6.17. The van der Waals surface area contributed by atoms with E-state index in [4.69, 9.17) is 4.74 Å². The molecule has 3 rings (SSSR count). The maximum Gasteiger partial charge on any atom is 0.224 e. The molecule has 2 aliphatic rings. The molecular formula is C14H20N2O2S. The molecule has 1 aromatic rings. The zero-order valence-electron chi connectivity index (χ0n) is 11.0. The molecule has 0 aromatic carbocycles. The predicted octanol–water partition coefficient (Wildman–Crippen LogP) is 1.79. The summed E-state index contributed by atoms with van der Waals surface area (Å²) in [6.45, 7) is 3.16. The molecule has 0 bridgehead atoms. The summed E-state index contributed by atoms with van der Waals surface area (Å²) >= 11 is 1.75. The summed E-state index contributed by atoms with van der Waals surface area (Å²) in [6, 6.07) is 4.70. The lowest BCUT2D eigenvalue weighted by Gasteiger charge is -2.28. The van der Waals surface area contributed by atoms with Crippen molar-refractivity contribution in [1.82, 2.24) is 10.2 Å². The molecule has 2 saturated heterocycles. The maximum absolute atomic E-state index is 12.5. The number of nitrogens with zero attached hydrogens (tertiary/aromatic N) is 1. The SMILES string of the molecule is O=C(CC1COCCN1)N1CCCC1c1cccs1. The molecule has 2 atom stereocenters. The van der Waals surface area contributed by atoms with E-state index in [9.17, 15) is 4.79 Å². The van der Waals surface area contributed by atoms with Gasteiger partial charge in [-0.3, -0.25) is 4.79 Å². The molecule has 5 heteroatoms. The van der Waals surface area contributed by atoms with Crippen LogP contribution in [-0.2, 0) is 9.53 Å². The lowest BCUT2D eigenvalue weighted by Crippen LogP contribution is -2.45. The molecule has 2 unspecified atom stereocenters. The van der Waals surface area contributed by atoms with Gasteiger partial charge in [0.2, 0.25) is 5.91 Å². The molecule has 0 saturated carbocycles. The lowest BCUT2D eigenvalue weighted by molar-refractivity contribution is -0.133. The number of likely N-dealkylation sites (tertiary alicyclic amines) is 1. The molecule has 0 spiro atoms. The molecule has 1 amide bonds. The van der Waals surface area contributed by atoms with Gasteiger partial charge < -0.3 is 15.0 Å². The highest BCUT2D eigenvalue weighted by molar-refractivity contribution is 7.10. The topological polar surface area (TPSA) is 41.6 Å². The highest BCUT2D eigenvalue weighted by Gasteiger charge is 2.31. The highest BCUT2D eigenvalue weighted by Crippen LogP contribution is 2.34. The van der Waals surface area contributed by atoms with Crippen LogP contribution in [-0.4, -0.2) is 43.2 Å². The number of carbonyl (C=O) groups excluding carboxylic acids is 1. The summed E-state index contributed by atoms with van der Waals surface area (Å²) in [4.78, 5) is 15.8. The van der Waals surface area contributed by atoms with Crippen LogP contribution in [0.15, 0.2) is 17.5 Å². The van der Waals surface area contributed by atoms with E-state index in [0.29, 0.717) is 19.1 Å². The van der Waals surface area contributed by atoms with Gasteiger partial charge in [0.15, 0.2) is 0 Å². The Labute approximate surface area is 117 Å². The molecular weight excluding hydrogens is 260 g/mol. The molecule has 4 nitrogen and oxygen atoms in total. The Balaban J connectivity index is 1.62. The molecule has 3 heterocycles. The number of rotatable bonds is 3. The Morgan fingerprint density at radius 3 is 3.26 bits per heavy atom. The summed E-state index contributed by atoms with van der Waals surface area (Å²) in [5.41, 5.74) is 0. The van der Waals surface area contributed by atoms with Crippen LogP contribution in [0.1, 0.15) is 30.2 Å². The molecule has 0 aliphatic carbocycles. The van der Waals surface area contributed by atoms with Gasteiger partial charge in [-0.1, -0.05) is 6.07 Å². The predicted molar refractivity (Wildman–Crippen MR) is 75.2 cm³/mol. The fourth-order valence-electron chi connectivity index (χ4n) is 2.92. The normalized spacial score (nSPS) is 27.7. The first-order chi connectivity index (χ1) is 9.34. The van der Waals surface area contributed by atoms with Gasteiger partial charge in [0.25, 0.3) is 0 Å². The first kappa shape index (κ1) is 13.1. The number of carbonyl (C=O) groups is 1. The number of hydrogen-bond acceptors (Lipinski definition) is 4. The van der Waals surface area contributed by atoms with Crippen molar-refractivity contribution in [3.63, 3.8) is 0 Å². The molecule has 2 aliphatic heterocycles. The average molecular weight is 280 g/mol. The van der Waals surface area contributed by atoms with Crippen LogP contribution >= 0.6 is 11.3 Å². The Hall–Kier alpha value is -0.910. The summed E-state index contributed by atoms with van der Waals surface area (Å²) in [5, 5.41) is 5.44. The minimum Gasteiger partial charge on any atom is -0.378 e. The Morgan fingerprint density at radius 2 is 2.53 bits per heavy atom. The van der Waals surface area contributed by atoms with Gasteiger partial charge in [0, 0.05) is 30.4 Å². The van der Waals surface area contributed by atoms with E-state index in [1.54, 1.807) is 11.3 Å². The van der Waals surface area contributed by atoms with Crippen molar-refractivity contribution in [2.45, 2.75) is 31.3 Å². The van der Waals surface area contributed by atoms with Crippen LogP contribution in [0.4, 0.5) is 0 Å². The van der Waals surface area contributed by atoms with E-state index < -0.39 is 0 Å². The van der Waals surface area contributed by atoms with Gasteiger partial charge in [-0.05, 0) is 24.3 Å². The second kappa shape index (κ2) is 6.03. The van der Waals surface area contributed by atoms with Gasteiger partial charge in [0.1, 0.15) is 0 Å². The minimum absolute atomic E-state index is 0.186. The van der Waals surface area contributed by atoms with Crippen molar-refractivity contribution in [2.75, 3.05) is 26.3 Å². The van der Waals surface area contributed by atoms with Gasteiger partial charge in [-0.15, -0.1) is 11.3 Å². The third kappa shape index (κ3) is 2.99. The van der Waals surface area contributed by atoms with Gasteiger partial charge >= 0.3 is 0 Å². The first-order valence-electron chi connectivity index (χ1n) is 6.98. The average Bonchev–Trinajstić information content (AvgIpc) is 3.10. The number of ether oxygens (including phenoxy) is 1. The van der Waals surface area contributed by atoms with Crippen LogP contribution in [0.5, 0.6) is 0 Å². The summed E-state index contributed by atoms with van der Waals surface area (Å²) < 4.78 is 5.41. The largest absolute Gasteiger partial charge is 0.378 e. The van der Waals surface area contributed by atoms with Crippen LogP contribution in [0.3, 0.4) is 0 Å². The van der Waals surface area contributed by atoms with Crippen molar-refractivity contribution in [1.29, 1.82) is 0 Å². The van der Waals surface area contributed by atoms with E-state index >= 15 is 0 Å². The molecule has 0 radical (unpaired) electrons. The summed E-state index contributed by atoms with van der Waals surface area (Å²) in [7, 11) is 0. The second-order valence-electron chi connectivity index (χ2n) is 5.19. The van der Waals surface area contributed by atoms with Crippen molar-refractivity contribution < 1.29 is 9.53 Å². The number of thiophene rings is 1. The number of morpholine rings is 1. The molecule has 1 N–H and O–H groups in total. The Kier molecular flexibility index (Phi) is 4.15. The van der Waals surface area contributed by atoms with E-state index in [2.05, 4.69) is 27.7 Å². The lowest BCUT2D eigenvalue weighted by atomic mass is 10.1. The zero-order chi connectivity index (χ0) is 13.1. The standard InChI is InChI=1S/C14H20N2O2S/c17-14(9-11-10-18-7-5-15-11)16-6-1-3-12(16)13-4-2-8-19-13/h2,4,8,11-12,15H,1,3,5-7,9-10H2. The molecule has 19 heavy (non-hydrogen) atoms. The first-order valence-corrected chi connectivity index (χ1v) is 7.86. The van der Waals surface area contributed by atoms with Gasteiger partial charge in [-0.2, -0.15) is 0 Å². The fraction of sp³-hybridized carbons (Fsp3) is 0.643. The molecule has 2 fully saturated rings. The van der Waals surface area contributed by atoms with E-state index in [0.717, 1.165) is 32.5 Å². The maximum atomic E-state index is 12.5.